The Bertz CT molecular complexity index is 388. The first-order valence-electron chi connectivity index (χ1n) is 5.13. The first-order chi connectivity index (χ1) is 8.08. The topological polar surface area (TPSA) is 65.0 Å². The summed E-state index contributed by atoms with van der Waals surface area (Å²) in [6.45, 7) is 1.43. The van der Waals surface area contributed by atoms with Crippen molar-refractivity contribution < 1.29 is 24.1 Å². The standard InChI is InChI=1S/C12H16O5/c1-8(17-7-12(13)14)10-5-4-9(15-2)6-11(10)16-3/h4-6,8H,7H2,1-3H3,(H,13,14). The molecule has 0 saturated heterocycles. The van der Waals surface area contributed by atoms with Crippen LogP contribution in [-0.2, 0) is 9.53 Å². The SMILES string of the molecule is COc1ccc(C(C)OCC(=O)O)c(OC)c1. The van der Waals surface area contributed by atoms with Gasteiger partial charge in [-0.2, -0.15) is 0 Å². The van der Waals surface area contributed by atoms with Crippen LogP contribution in [0.15, 0.2) is 18.2 Å². The lowest BCUT2D eigenvalue weighted by Crippen LogP contribution is -2.10. The highest BCUT2D eigenvalue weighted by Crippen LogP contribution is 2.30. The molecule has 0 radical (unpaired) electrons. The summed E-state index contributed by atoms with van der Waals surface area (Å²) < 4.78 is 15.5. The van der Waals surface area contributed by atoms with E-state index in [0.717, 1.165) is 5.56 Å². The summed E-state index contributed by atoms with van der Waals surface area (Å²) in [4.78, 5) is 10.4. The largest absolute Gasteiger partial charge is 0.497 e. The molecule has 0 spiro atoms. The van der Waals surface area contributed by atoms with Crippen molar-refractivity contribution in [1.82, 2.24) is 0 Å². The monoisotopic (exact) mass is 240 g/mol. The molecule has 0 aliphatic heterocycles. The van der Waals surface area contributed by atoms with Crippen molar-refractivity contribution in [2.75, 3.05) is 20.8 Å². The summed E-state index contributed by atoms with van der Waals surface area (Å²) in [5, 5.41) is 8.54. The number of hydrogen-bond acceptors (Lipinski definition) is 4. The van der Waals surface area contributed by atoms with Crippen molar-refractivity contribution in [3.63, 3.8) is 0 Å². The number of ether oxygens (including phenoxy) is 3. The van der Waals surface area contributed by atoms with E-state index in [0.29, 0.717) is 11.5 Å². The lowest BCUT2D eigenvalue weighted by atomic mass is 10.1. The maximum atomic E-state index is 10.4. The number of benzene rings is 1. The second-order valence-electron chi connectivity index (χ2n) is 3.45. The molecule has 5 nitrogen and oxygen atoms in total. The molecule has 0 saturated carbocycles. The van der Waals surface area contributed by atoms with Crippen LogP contribution in [0.4, 0.5) is 0 Å². The summed E-state index contributed by atoms with van der Waals surface area (Å²) in [6, 6.07) is 5.30. The normalized spacial score (nSPS) is 11.9. The molecule has 1 unspecified atom stereocenters. The van der Waals surface area contributed by atoms with E-state index in [1.54, 1.807) is 39.3 Å². The van der Waals surface area contributed by atoms with Crippen LogP contribution in [0.2, 0.25) is 0 Å². The van der Waals surface area contributed by atoms with Crippen LogP contribution in [0.5, 0.6) is 11.5 Å². The molecule has 0 aliphatic carbocycles. The van der Waals surface area contributed by atoms with Gasteiger partial charge in [-0.15, -0.1) is 0 Å². The predicted octanol–water partition coefficient (Wildman–Crippen LogP) is 1.87. The lowest BCUT2D eigenvalue weighted by molar-refractivity contribution is -0.144. The van der Waals surface area contributed by atoms with E-state index < -0.39 is 5.97 Å². The Morgan fingerprint density at radius 3 is 2.59 bits per heavy atom. The van der Waals surface area contributed by atoms with Crippen molar-refractivity contribution in [2.24, 2.45) is 0 Å². The average molecular weight is 240 g/mol. The first-order valence-corrected chi connectivity index (χ1v) is 5.13. The zero-order chi connectivity index (χ0) is 12.8. The summed E-state index contributed by atoms with van der Waals surface area (Å²) in [7, 11) is 3.11. The van der Waals surface area contributed by atoms with Gasteiger partial charge in [-0.25, -0.2) is 4.79 Å². The van der Waals surface area contributed by atoms with Gasteiger partial charge in [0.05, 0.1) is 20.3 Å². The minimum absolute atomic E-state index is 0.337. The van der Waals surface area contributed by atoms with Crippen LogP contribution in [0, 0.1) is 0 Å². The highest BCUT2D eigenvalue weighted by molar-refractivity contribution is 5.68. The minimum Gasteiger partial charge on any atom is -0.497 e. The molecule has 0 amide bonds. The van der Waals surface area contributed by atoms with Crippen LogP contribution in [-0.4, -0.2) is 31.9 Å². The van der Waals surface area contributed by atoms with Gasteiger partial charge in [-0.1, -0.05) is 0 Å². The number of carboxylic acids is 1. The zero-order valence-corrected chi connectivity index (χ0v) is 10.1. The zero-order valence-electron chi connectivity index (χ0n) is 10.1. The van der Waals surface area contributed by atoms with Crippen LogP contribution >= 0.6 is 0 Å². The molecule has 0 bridgehead atoms. The number of methoxy groups -OCH3 is 2. The Morgan fingerprint density at radius 2 is 2.06 bits per heavy atom. The van der Waals surface area contributed by atoms with Gasteiger partial charge in [0.2, 0.25) is 0 Å². The molecule has 0 heterocycles. The number of carbonyl (C=O) groups is 1. The van der Waals surface area contributed by atoms with E-state index in [1.165, 1.54) is 0 Å². The van der Waals surface area contributed by atoms with E-state index in [2.05, 4.69) is 0 Å². The Kier molecular flexibility index (Phi) is 4.78. The molecule has 1 rings (SSSR count). The molecular formula is C12H16O5. The van der Waals surface area contributed by atoms with Crippen molar-refractivity contribution >= 4 is 5.97 Å². The molecule has 1 atom stereocenters. The summed E-state index contributed by atoms with van der Waals surface area (Å²) in [5.74, 6) is 0.294. The van der Waals surface area contributed by atoms with Gasteiger partial charge in [-0.05, 0) is 19.1 Å². The molecule has 1 N–H and O–H groups in total. The summed E-state index contributed by atoms with van der Waals surface area (Å²) >= 11 is 0. The van der Waals surface area contributed by atoms with Crippen molar-refractivity contribution in [2.45, 2.75) is 13.0 Å². The molecule has 0 aliphatic rings. The number of rotatable bonds is 6. The van der Waals surface area contributed by atoms with Crippen molar-refractivity contribution in [3.05, 3.63) is 23.8 Å². The molecule has 1 aromatic rings. The average Bonchev–Trinajstić information content (AvgIpc) is 2.34. The van der Waals surface area contributed by atoms with Gasteiger partial charge in [0.1, 0.15) is 18.1 Å². The molecule has 5 heteroatoms. The van der Waals surface area contributed by atoms with E-state index in [4.69, 9.17) is 19.3 Å². The van der Waals surface area contributed by atoms with Gasteiger partial charge in [0.15, 0.2) is 0 Å². The van der Waals surface area contributed by atoms with Gasteiger partial charge in [-0.3, -0.25) is 0 Å². The highest BCUT2D eigenvalue weighted by Gasteiger charge is 2.14. The quantitative estimate of drug-likeness (QED) is 0.822. The molecule has 17 heavy (non-hydrogen) atoms. The summed E-state index contributed by atoms with van der Waals surface area (Å²) in [5.41, 5.74) is 0.787. The van der Waals surface area contributed by atoms with Gasteiger partial charge >= 0.3 is 5.97 Å². The fraction of sp³-hybridized carbons (Fsp3) is 0.417. The number of carboxylic acid groups (broad SMARTS) is 1. The third-order valence-electron chi connectivity index (χ3n) is 2.34. The number of hydrogen-bond donors (Lipinski definition) is 1. The minimum atomic E-state index is -0.996. The maximum absolute atomic E-state index is 10.4. The lowest BCUT2D eigenvalue weighted by Gasteiger charge is -2.16. The Morgan fingerprint density at radius 1 is 1.35 bits per heavy atom. The number of aliphatic carboxylic acids is 1. The molecule has 1 aromatic carbocycles. The molecule has 94 valence electrons. The van der Waals surface area contributed by atoms with E-state index in [1.807, 2.05) is 0 Å². The molecular weight excluding hydrogens is 224 g/mol. The highest BCUT2D eigenvalue weighted by atomic mass is 16.5. The summed E-state index contributed by atoms with van der Waals surface area (Å²) in [6.07, 6.45) is -0.355. The van der Waals surface area contributed by atoms with Gasteiger partial charge < -0.3 is 19.3 Å². The van der Waals surface area contributed by atoms with Crippen LogP contribution in [0.3, 0.4) is 0 Å². The van der Waals surface area contributed by atoms with Crippen LogP contribution in [0.25, 0.3) is 0 Å². The fourth-order valence-electron chi connectivity index (χ4n) is 1.44. The second-order valence-corrected chi connectivity index (χ2v) is 3.45. The van der Waals surface area contributed by atoms with Gasteiger partial charge in [0, 0.05) is 11.6 Å². The van der Waals surface area contributed by atoms with E-state index >= 15 is 0 Å². The predicted molar refractivity (Wildman–Crippen MR) is 61.5 cm³/mol. The van der Waals surface area contributed by atoms with Crippen LogP contribution in [0.1, 0.15) is 18.6 Å². The Balaban J connectivity index is 2.84. The third kappa shape index (κ3) is 3.64. The van der Waals surface area contributed by atoms with E-state index in [9.17, 15) is 4.79 Å². The molecule has 0 fully saturated rings. The third-order valence-corrected chi connectivity index (χ3v) is 2.34. The van der Waals surface area contributed by atoms with Crippen LogP contribution < -0.4 is 9.47 Å². The van der Waals surface area contributed by atoms with Crippen molar-refractivity contribution in [1.29, 1.82) is 0 Å². The Labute approximate surface area is 99.9 Å². The second kappa shape index (κ2) is 6.10. The maximum Gasteiger partial charge on any atom is 0.329 e. The first kappa shape index (κ1) is 13.3. The molecule has 0 aromatic heterocycles. The fourth-order valence-corrected chi connectivity index (χ4v) is 1.44. The Hall–Kier alpha value is -1.75. The van der Waals surface area contributed by atoms with Crippen molar-refractivity contribution in [3.8, 4) is 11.5 Å². The van der Waals surface area contributed by atoms with E-state index in [-0.39, 0.29) is 12.7 Å². The van der Waals surface area contributed by atoms with Gasteiger partial charge in [0.25, 0.3) is 0 Å². The smallest absolute Gasteiger partial charge is 0.329 e.